The fourth-order valence-corrected chi connectivity index (χ4v) is 19.2. The Hall–Kier alpha value is -15.0. The third-order valence-electron chi connectivity index (χ3n) is 24.3. The Kier molecular flexibility index (Phi) is 18.9. The van der Waals surface area contributed by atoms with Gasteiger partial charge >= 0.3 is 0 Å². The molecule has 2 nitrogen and oxygen atoms in total. The van der Waals surface area contributed by atoms with Crippen LogP contribution in [0.5, 0.6) is 0 Å². The van der Waals surface area contributed by atoms with Crippen LogP contribution in [0.25, 0.3) is 209 Å². The summed E-state index contributed by atoms with van der Waals surface area (Å²) in [6, 6.07) is 163. The molecular formula is C117H80N2S. The molecule has 1 aliphatic carbocycles. The van der Waals surface area contributed by atoms with Crippen LogP contribution in [0.4, 0.5) is 0 Å². The van der Waals surface area contributed by atoms with Crippen LogP contribution in [-0.4, -0.2) is 9.97 Å². The van der Waals surface area contributed by atoms with Gasteiger partial charge in [-0.1, -0.05) is 432 Å². The first-order valence-electron chi connectivity index (χ1n) is 41.3. The van der Waals surface area contributed by atoms with Gasteiger partial charge in [0.15, 0.2) is 0 Å². The Balaban J connectivity index is 0.000000149. The van der Waals surface area contributed by atoms with Gasteiger partial charge in [-0.05, 0) is 185 Å². The third-order valence-corrected chi connectivity index (χ3v) is 25.5. The van der Waals surface area contributed by atoms with Gasteiger partial charge in [-0.25, -0.2) is 9.97 Å². The van der Waals surface area contributed by atoms with Crippen molar-refractivity contribution in [3.8, 4) is 167 Å². The van der Waals surface area contributed by atoms with Gasteiger partial charge in [0.2, 0.25) is 0 Å². The zero-order valence-electron chi connectivity index (χ0n) is 66.5. The first kappa shape index (κ1) is 72.7. The van der Waals surface area contributed by atoms with Crippen molar-refractivity contribution < 1.29 is 0 Å². The molecule has 120 heavy (non-hydrogen) atoms. The summed E-state index contributed by atoms with van der Waals surface area (Å²) in [7, 11) is 0. The predicted octanol–water partition coefficient (Wildman–Crippen LogP) is 32.5. The Bertz CT molecular complexity index is 7360. The number of fused-ring (bicyclic) bond motifs is 8. The Morgan fingerprint density at radius 2 is 0.450 bits per heavy atom. The quantitative estimate of drug-likeness (QED) is 0.108. The molecule has 0 fully saturated rings. The molecule has 0 N–H and O–H groups in total. The molecule has 3 heteroatoms. The molecule has 3 aromatic heterocycles. The highest BCUT2D eigenvalue weighted by molar-refractivity contribution is 7.26. The van der Waals surface area contributed by atoms with Crippen molar-refractivity contribution >= 4 is 53.1 Å². The highest BCUT2D eigenvalue weighted by atomic mass is 32.1. The van der Waals surface area contributed by atoms with Crippen molar-refractivity contribution in [3.63, 3.8) is 0 Å². The maximum Gasteiger partial charge on any atom is 0.0715 e. The van der Waals surface area contributed by atoms with Gasteiger partial charge in [-0.2, -0.15) is 0 Å². The van der Waals surface area contributed by atoms with Gasteiger partial charge in [0.25, 0.3) is 0 Å². The molecule has 0 aliphatic heterocycles. The minimum absolute atomic E-state index is 0.0870. The summed E-state index contributed by atoms with van der Waals surface area (Å²) in [5.74, 6) is 0. The maximum absolute atomic E-state index is 5.36. The molecular weight excluding hydrogens is 1470 g/mol. The van der Waals surface area contributed by atoms with Gasteiger partial charge < -0.3 is 0 Å². The zero-order chi connectivity index (χ0) is 80.0. The normalized spacial score (nSPS) is 12.0. The lowest BCUT2D eigenvalue weighted by molar-refractivity contribution is 0.662. The van der Waals surface area contributed by atoms with Crippen LogP contribution in [0.15, 0.2) is 449 Å². The van der Waals surface area contributed by atoms with E-state index in [-0.39, 0.29) is 5.41 Å². The monoisotopic (exact) mass is 1540 g/mol. The van der Waals surface area contributed by atoms with Crippen molar-refractivity contribution in [1.82, 2.24) is 9.97 Å². The topological polar surface area (TPSA) is 25.8 Å². The van der Waals surface area contributed by atoms with E-state index in [1.807, 2.05) is 11.3 Å². The molecule has 564 valence electrons. The average Bonchev–Trinajstić information content (AvgIpc) is 1.57. The van der Waals surface area contributed by atoms with E-state index < -0.39 is 0 Å². The minimum atomic E-state index is -0.0870. The second-order valence-electron chi connectivity index (χ2n) is 31.8. The van der Waals surface area contributed by atoms with E-state index in [9.17, 15) is 0 Å². The van der Waals surface area contributed by atoms with Crippen LogP contribution in [0.3, 0.4) is 0 Å². The summed E-state index contributed by atoms with van der Waals surface area (Å²) in [6.45, 7) is 4.71. The van der Waals surface area contributed by atoms with E-state index in [0.29, 0.717) is 0 Å². The molecule has 0 amide bonds. The molecule has 0 atom stereocenters. The largest absolute Gasteiger partial charge is 0.248 e. The summed E-state index contributed by atoms with van der Waals surface area (Å²) in [6.07, 6.45) is 0. The number of aromatic nitrogens is 2. The Labute approximate surface area is 704 Å². The van der Waals surface area contributed by atoms with E-state index in [1.165, 1.54) is 153 Å². The molecule has 0 spiro atoms. The zero-order valence-corrected chi connectivity index (χ0v) is 67.3. The number of hydrogen-bond acceptors (Lipinski definition) is 3. The van der Waals surface area contributed by atoms with Crippen molar-refractivity contribution in [1.29, 1.82) is 0 Å². The van der Waals surface area contributed by atoms with Gasteiger partial charge in [-0.3, -0.25) is 0 Å². The van der Waals surface area contributed by atoms with E-state index in [1.54, 1.807) is 0 Å². The minimum Gasteiger partial charge on any atom is -0.248 e. The van der Waals surface area contributed by atoms with Crippen LogP contribution in [0.1, 0.15) is 25.0 Å². The van der Waals surface area contributed by atoms with E-state index in [4.69, 9.17) is 9.97 Å². The predicted molar refractivity (Wildman–Crippen MR) is 510 cm³/mol. The molecule has 0 bridgehead atoms. The Morgan fingerprint density at radius 1 is 0.183 bits per heavy atom. The summed E-state index contributed by atoms with van der Waals surface area (Å²) >= 11 is 1.87. The fraction of sp³-hybridized carbons (Fsp3) is 0.0256. The van der Waals surface area contributed by atoms with Gasteiger partial charge in [0.1, 0.15) is 0 Å². The molecule has 1 aliphatic rings. The molecule has 0 unspecified atom stereocenters. The summed E-state index contributed by atoms with van der Waals surface area (Å²) in [4.78, 5) is 10.7. The summed E-state index contributed by atoms with van der Waals surface area (Å²) in [5.41, 5.74) is 37.6. The molecule has 0 saturated heterocycles. The second kappa shape index (κ2) is 31.2. The SMILES string of the molecule is CC1(C)c2ccccc2-c2cccc(-c3ccc(-c4cc(-c5ccc(-c6cccc7ccccc67)cc5)cc(-c5ccc(-c6ccc(-c7ccccc7)cc6)cc5)n4)cc3)c21.c1ccc(-c2ccc(-c3ccc(-c4cc(-c5ccc(-c6cccc7ccccc67)cc5)cc(-c5ccc(-c6cccc7c6sc6ccccc67)cc5)n4)cc3)cc2)cc1. The molecule has 18 aromatic carbocycles. The molecule has 0 saturated carbocycles. The lowest BCUT2D eigenvalue weighted by Crippen LogP contribution is -2.16. The number of benzene rings is 18. The smallest absolute Gasteiger partial charge is 0.0715 e. The number of nitrogens with zero attached hydrogens (tertiary/aromatic N) is 2. The van der Waals surface area contributed by atoms with Crippen LogP contribution in [0, 0.1) is 0 Å². The van der Waals surface area contributed by atoms with Crippen molar-refractivity contribution in [2.24, 2.45) is 0 Å². The first-order valence-corrected chi connectivity index (χ1v) is 42.1. The van der Waals surface area contributed by atoms with Crippen LogP contribution in [0.2, 0.25) is 0 Å². The van der Waals surface area contributed by atoms with Crippen LogP contribution in [-0.2, 0) is 5.41 Å². The van der Waals surface area contributed by atoms with Crippen LogP contribution < -0.4 is 0 Å². The number of thiophene rings is 1. The lowest BCUT2D eigenvalue weighted by atomic mass is 9.79. The summed E-state index contributed by atoms with van der Waals surface area (Å²) in [5, 5.41) is 7.66. The highest BCUT2D eigenvalue weighted by Crippen LogP contribution is 2.53. The van der Waals surface area contributed by atoms with E-state index in [0.717, 1.165) is 67.3 Å². The number of hydrogen-bond donors (Lipinski definition) is 0. The summed E-state index contributed by atoms with van der Waals surface area (Å²) < 4.78 is 2.64. The van der Waals surface area contributed by atoms with Crippen molar-refractivity contribution in [2.45, 2.75) is 19.3 Å². The number of rotatable bonds is 14. The van der Waals surface area contributed by atoms with E-state index >= 15 is 0 Å². The second-order valence-corrected chi connectivity index (χ2v) is 32.9. The Morgan fingerprint density at radius 3 is 0.883 bits per heavy atom. The van der Waals surface area contributed by atoms with Gasteiger partial charge in [0, 0.05) is 47.8 Å². The highest BCUT2D eigenvalue weighted by Gasteiger charge is 2.37. The number of pyridine rings is 2. The lowest BCUT2D eigenvalue weighted by Gasteiger charge is -2.24. The fourth-order valence-electron chi connectivity index (χ4n) is 18.0. The van der Waals surface area contributed by atoms with Gasteiger partial charge in [-0.15, -0.1) is 11.3 Å². The molecule has 3 heterocycles. The van der Waals surface area contributed by atoms with Crippen LogP contribution >= 0.6 is 11.3 Å². The maximum atomic E-state index is 5.36. The average molecular weight is 1550 g/mol. The van der Waals surface area contributed by atoms with Gasteiger partial charge in [0.05, 0.1) is 22.8 Å². The van der Waals surface area contributed by atoms with Crippen molar-refractivity contribution in [3.05, 3.63) is 460 Å². The molecule has 21 aromatic rings. The van der Waals surface area contributed by atoms with E-state index in [2.05, 4.69) is 463 Å². The first-order chi connectivity index (χ1) is 59.2. The standard InChI is InChI=1S/C60H43N.C57H37NS/c1-60(2)56-21-9-8-17-54(56)55-20-11-19-53(59(55)60)47-32-36-49(37-33-47)58-39-50(44-26-30-46(31-27-44)52-18-10-15-45-14-6-7-16-51(45)52)38-57(61-58)48-34-28-43(29-35-48)42-24-22-41(23-25-42)40-12-4-3-5-13-40;1-2-10-38(11-3-1)39-20-22-40(23-21-39)41-26-32-46(33-27-41)54-36-48(42-24-28-44(29-25-42)50-16-8-13-43-12-4-5-14-49(43)50)37-55(58-54)47-34-30-45(31-35-47)51-17-9-18-53-52-15-6-7-19-56(52)59-57(51)53/h3-39H,1-2H3;1-37H. The van der Waals surface area contributed by atoms with Crippen molar-refractivity contribution in [2.75, 3.05) is 0 Å². The molecule has 22 rings (SSSR count). The third kappa shape index (κ3) is 14.0. The molecule has 0 radical (unpaired) electrons.